The van der Waals surface area contributed by atoms with Gasteiger partial charge in [0, 0.05) is 18.6 Å². The molecule has 0 saturated carbocycles. The molecule has 0 bridgehead atoms. The fourth-order valence-electron chi connectivity index (χ4n) is 1.18. The van der Waals surface area contributed by atoms with Crippen LogP contribution in [0.3, 0.4) is 0 Å². The molecule has 14 heavy (non-hydrogen) atoms. The van der Waals surface area contributed by atoms with Gasteiger partial charge in [0.25, 0.3) is 0 Å². The van der Waals surface area contributed by atoms with E-state index in [2.05, 4.69) is 0 Å². The topological polar surface area (TPSA) is 49.5 Å². The zero-order chi connectivity index (χ0) is 11.4. The second-order valence-electron chi connectivity index (χ2n) is 3.45. The highest BCUT2D eigenvalue weighted by Crippen LogP contribution is 2.20. The predicted molar refractivity (Wildman–Crippen MR) is 47.8 cm³/mol. The summed E-state index contributed by atoms with van der Waals surface area (Å²) in [5, 5.41) is 8.89. The molecule has 0 aliphatic heterocycles. The molecule has 3 N–H and O–H groups in total. The Bertz CT molecular complexity index is 161. The van der Waals surface area contributed by atoms with Crippen molar-refractivity contribution in [2.75, 3.05) is 20.2 Å². The maximum absolute atomic E-state index is 11.9. The minimum absolute atomic E-state index is 0.143. The van der Waals surface area contributed by atoms with E-state index in [0.29, 0.717) is 0 Å². The summed E-state index contributed by atoms with van der Waals surface area (Å²) < 4.78 is 35.6. The molecule has 2 unspecified atom stereocenters. The molecule has 2 atom stereocenters. The molecule has 0 rings (SSSR count). The Morgan fingerprint density at radius 3 is 2.21 bits per heavy atom. The molecule has 86 valence electrons. The summed E-state index contributed by atoms with van der Waals surface area (Å²) >= 11 is 0. The first-order valence-electron chi connectivity index (χ1n) is 4.41. The maximum Gasteiger partial charge on any atom is 0.390 e. The summed E-state index contributed by atoms with van der Waals surface area (Å²) in [6.45, 7) is 1.28. The number of aliphatic hydroxyl groups is 1. The Hall–Kier alpha value is -0.330. The number of nitrogens with two attached hydrogens (primary N) is 1. The molecule has 6 heteroatoms. The standard InChI is InChI=1S/C8H17F3N2O/c1-6(12)7(5-14)13(2)4-3-8(9,10)11/h6-7,14H,3-5,12H2,1-2H3. The van der Waals surface area contributed by atoms with Crippen molar-refractivity contribution < 1.29 is 18.3 Å². The van der Waals surface area contributed by atoms with Crippen molar-refractivity contribution in [3.8, 4) is 0 Å². The average Bonchev–Trinajstić information content (AvgIpc) is 2.00. The highest BCUT2D eigenvalue weighted by atomic mass is 19.4. The Morgan fingerprint density at radius 2 is 1.93 bits per heavy atom. The average molecular weight is 214 g/mol. The fourth-order valence-corrected chi connectivity index (χ4v) is 1.18. The number of nitrogens with zero attached hydrogens (tertiary/aromatic N) is 1. The normalized spacial score (nSPS) is 17.1. The van der Waals surface area contributed by atoms with Crippen LogP contribution in [0.1, 0.15) is 13.3 Å². The number of hydrogen-bond acceptors (Lipinski definition) is 3. The summed E-state index contributed by atoms with van der Waals surface area (Å²) in [5.74, 6) is 0. The molecule has 0 saturated heterocycles. The lowest BCUT2D eigenvalue weighted by atomic mass is 10.1. The van der Waals surface area contributed by atoms with E-state index in [1.54, 1.807) is 6.92 Å². The maximum atomic E-state index is 11.9. The SMILES string of the molecule is CC(N)C(CO)N(C)CCC(F)(F)F. The van der Waals surface area contributed by atoms with Gasteiger partial charge in [-0.2, -0.15) is 13.2 Å². The highest BCUT2D eigenvalue weighted by Gasteiger charge is 2.29. The third-order valence-corrected chi connectivity index (χ3v) is 2.11. The van der Waals surface area contributed by atoms with Crippen molar-refractivity contribution >= 4 is 0 Å². The van der Waals surface area contributed by atoms with E-state index in [-0.39, 0.29) is 19.2 Å². The Kier molecular flexibility index (Phi) is 5.40. The van der Waals surface area contributed by atoms with Crippen LogP contribution >= 0.6 is 0 Å². The first-order chi connectivity index (χ1) is 6.28. The quantitative estimate of drug-likeness (QED) is 0.703. The van der Waals surface area contributed by atoms with Crippen LogP contribution < -0.4 is 5.73 Å². The molecule has 0 aromatic rings. The van der Waals surface area contributed by atoms with Crippen LogP contribution in [0, 0.1) is 0 Å². The number of rotatable bonds is 5. The van der Waals surface area contributed by atoms with E-state index < -0.39 is 18.6 Å². The van der Waals surface area contributed by atoms with Crippen LogP contribution in [-0.2, 0) is 0 Å². The number of hydrogen-bond donors (Lipinski definition) is 2. The van der Waals surface area contributed by atoms with Crippen molar-refractivity contribution in [3.05, 3.63) is 0 Å². The molecule has 0 aromatic heterocycles. The summed E-state index contributed by atoms with van der Waals surface area (Å²) in [4.78, 5) is 1.43. The van der Waals surface area contributed by atoms with Crippen molar-refractivity contribution in [1.82, 2.24) is 4.90 Å². The van der Waals surface area contributed by atoms with Crippen molar-refractivity contribution in [3.63, 3.8) is 0 Å². The lowest BCUT2D eigenvalue weighted by molar-refractivity contribution is -0.138. The zero-order valence-electron chi connectivity index (χ0n) is 8.38. The Balaban J connectivity index is 3.99. The number of likely N-dealkylation sites (N-methyl/N-ethyl adjacent to an activating group) is 1. The molecule has 0 aliphatic rings. The largest absolute Gasteiger partial charge is 0.395 e. The van der Waals surface area contributed by atoms with Gasteiger partial charge in [-0.25, -0.2) is 0 Å². The van der Waals surface area contributed by atoms with Gasteiger partial charge in [-0.15, -0.1) is 0 Å². The third kappa shape index (κ3) is 5.41. The minimum Gasteiger partial charge on any atom is -0.395 e. The van der Waals surface area contributed by atoms with Crippen LogP contribution in [0.2, 0.25) is 0 Å². The van der Waals surface area contributed by atoms with E-state index in [9.17, 15) is 13.2 Å². The molecular formula is C8H17F3N2O. The summed E-state index contributed by atoms with van der Waals surface area (Å²) in [6.07, 6.45) is -5.04. The molecule has 0 radical (unpaired) electrons. The van der Waals surface area contributed by atoms with Crippen LogP contribution in [0.15, 0.2) is 0 Å². The van der Waals surface area contributed by atoms with Crippen LogP contribution in [-0.4, -0.2) is 48.5 Å². The molecule has 0 aromatic carbocycles. The fraction of sp³-hybridized carbons (Fsp3) is 1.00. The van der Waals surface area contributed by atoms with Gasteiger partial charge in [0.05, 0.1) is 13.0 Å². The molecule has 0 fully saturated rings. The lowest BCUT2D eigenvalue weighted by Crippen LogP contribution is -2.47. The van der Waals surface area contributed by atoms with Gasteiger partial charge >= 0.3 is 6.18 Å². The van der Waals surface area contributed by atoms with Crippen molar-refractivity contribution in [2.45, 2.75) is 31.6 Å². The zero-order valence-corrected chi connectivity index (χ0v) is 8.38. The summed E-state index contributed by atoms with van der Waals surface area (Å²) in [5.41, 5.74) is 5.50. The van der Waals surface area contributed by atoms with Gasteiger partial charge in [-0.3, -0.25) is 4.90 Å². The van der Waals surface area contributed by atoms with E-state index in [0.717, 1.165) is 0 Å². The molecule has 0 aliphatic carbocycles. The first kappa shape index (κ1) is 13.7. The van der Waals surface area contributed by atoms with Gasteiger partial charge in [0.15, 0.2) is 0 Å². The second kappa shape index (κ2) is 5.53. The smallest absolute Gasteiger partial charge is 0.390 e. The van der Waals surface area contributed by atoms with Crippen LogP contribution in [0.5, 0.6) is 0 Å². The Labute approximate surface area is 81.7 Å². The number of aliphatic hydroxyl groups excluding tert-OH is 1. The molecule has 0 amide bonds. The lowest BCUT2D eigenvalue weighted by Gasteiger charge is -2.29. The predicted octanol–water partition coefficient (Wildman–Crippen LogP) is 0.579. The van der Waals surface area contributed by atoms with E-state index in [1.165, 1.54) is 11.9 Å². The third-order valence-electron chi connectivity index (χ3n) is 2.11. The first-order valence-corrected chi connectivity index (χ1v) is 4.41. The number of alkyl halides is 3. The monoisotopic (exact) mass is 214 g/mol. The molecular weight excluding hydrogens is 197 g/mol. The van der Waals surface area contributed by atoms with Gasteiger partial charge in [0.1, 0.15) is 0 Å². The van der Waals surface area contributed by atoms with Crippen molar-refractivity contribution in [2.24, 2.45) is 5.73 Å². The van der Waals surface area contributed by atoms with Crippen LogP contribution in [0.25, 0.3) is 0 Å². The van der Waals surface area contributed by atoms with Gasteiger partial charge < -0.3 is 10.8 Å². The van der Waals surface area contributed by atoms with Gasteiger partial charge in [-0.1, -0.05) is 0 Å². The second-order valence-corrected chi connectivity index (χ2v) is 3.45. The minimum atomic E-state index is -4.16. The number of halogens is 3. The Morgan fingerprint density at radius 1 is 1.43 bits per heavy atom. The van der Waals surface area contributed by atoms with Gasteiger partial charge in [0.2, 0.25) is 0 Å². The molecule has 0 spiro atoms. The van der Waals surface area contributed by atoms with E-state index in [4.69, 9.17) is 10.8 Å². The molecule has 0 heterocycles. The van der Waals surface area contributed by atoms with Gasteiger partial charge in [-0.05, 0) is 14.0 Å². The van der Waals surface area contributed by atoms with Crippen molar-refractivity contribution in [1.29, 1.82) is 0 Å². The summed E-state index contributed by atoms with van der Waals surface area (Å²) in [7, 11) is 1.52. The van der Waals surface area contributed by atoms with E-state index in [1.807, 2.05) is 0 Å². The van der Waals surface area contributed by atoms with Crippen LogP contribution in [0.4, 0.5) is 13.2 Å². The highest BCUT2D eigenvalue weighted by molar-refractivity contribution is 4.76. The molecule has 3 nitrogen and oxygen atoms in total. The summed E-state index contributed by atoms with van der Waals surface area (Å²) in [6, 6.07) is -0.768. The van der Waals surface area contributed by atoms with E-state index >= 15 is 0 Å².